The molecule has 0 saturated heterocycles. The Morgan fingerprint density at radius 1 is 1.14 bits per heavy atom. The van der Waals surface area contributed by atoms with Crippen LogP contribution in [0.4, 0.5) is 17.3 Å². The van der Waals surface area contributed by atoms with E-state index in [1.807, 2.05) is 0 Å². The molecule has 0 atom stereocenters. The first-order valence-electron chi connectivity index (χ1n) is 6.42. The third-order valence-corrected chi connectivity index (χ3v) is 2.82. The van der Waals surface area contributed by atoms with E-state index in [1.54, 1.807) is 38.1 Å². The van der Waals surface area contributed by atoms with E-state index in [4.69, 9.17) is 9.47 Å². The van der Waals surface area contributed by atoms with Crippen molar-refractivity contribution in [3.63, 3.8) is 0 Å². The predicted molar refractivity (Wildman–Crippen MR) is 79.0 cm³/mol. The Hall–Kier alpha value is -2.00. The van der Waals surface area contributed by atoms with Crippen molar-refractivity contribution in [3.8, 4) is 0 Å². The highest BCUT2D eigenvalue weighted by atomic mass is 16.6. The number of methoxy groups -OCH3 is 2. The minimum absolute atomic E-state index is 0.116. The fraction of sp³-hybridized carbons (Fsp3) is 0.667. The molecule has 0 bridgehead atoms. The molecule has 0 saturated carbocycles. The van der Waals surface area contributed by atoms with Crippen molar-refractivity contribution in [3.05, 3.63) is 16.4 Å². The molecule has 0 aliphatic rings. The Bertz CT molecular complexity index is 461. The monoisotopic (exact) mass is 299 g/mol. The molecule has 1 rings (SSSR count). The molecule has 1 aromatic rings. The molecule has 0 N–H and O–H groups in total. The number of aromatic nitrogens is 2. The van der Waals surface area contributed by atoms with Gasteiger partial charge in [0, 0.05) is 41.4 Å². The average Bonchev–Trinajstić information content (AvgIpc) is 2.46. The van der Waals surface area contributed by atoms with Crippen LogP contribution < -0.4 is 9.80 Å². The van der Waals surface area contributed by atoms with E-state index in [2.05, 4.69) is 9.97 Å². The molecule has 0 spiro atoms. The highest BCUT2D eigenvalue weighted by Gasteiger charge is 2.27. The maximum Gasteiger partial charge on any atom is 0.353 e. The van der Waals surface area contributed by atoms with E-state index < -0.39 is 4.92 Å². The summed E-state index contributed by atoms with van der Waals surface area (Å²) in [6.07, 6.45) is 1.32. The predicted octanol–water partition coefficient (Wildman–Crippen LogP) is 0.550. The minimum Gasteiger partial charge on any atom is -0.383 e. The van der Waals surface area contributed by atoms with Gasteiger partial charge in [0.2, 0.25) is 11.6 Å². The zero-order chi connectivity index (χ0) is 15.8. The first-order valence-corrected chi connectivity index (χ1v) is 6.42. The molecule has 0 fully saturated rings. The van der Waals surface area contributed by atoms with E-state index in [1.165, 1.54) is 6.33 Å². The summed E-state index contributed by atoms with van der Waals surface area (Å²) in [5.41, 5.74) is -0.116. The van der Waals surface area contributed by atoms with Gasteiger partial charge in [0.25, 0.3) is 0 Å². The SMILES string of the molecule is COCCN(CCOC)c1ncnc(N(C)C)c1[N+](=O)[O-]. The Labute approximate surface area is 123 Å². The number of nitro groups is 1. The van der Waals surface area contributed by atoms with Crippen LogP contribution in [0.1, 0.15) is 0 Å². The van der Waals surface area contributed by atoms with Crippen molar-refractivity contribution in [2.75, 3.05) is 64.4 Å². The number of hydrogen-bond donors (Lipinski definition) is 0. The van der Waals surface area contributed by atoms with Crippen LogP contribution in [0.5, 0.6) is 0 Å². The fourth-order valence-corrected chi connectivity index (χ4v) is 1.81. The zero-order valence-corrected chi connectivity index (χ0v) is 12.8. The third kappa shape index (κ3) is 4.50. The van der Waals surface area contributed by atoms with Crippen LogP contribution in [0, 0.1) is 10.1 Å². The first-order chi connectivity index (χ1) is 10.0. The first kappa shape index (κ1) is 17.1. The molecule has 0 aromatic carbocycles. The summed E-state index contributed by atoms with van der Waals surface area (Å²) in [6, 6.07) is 0. The second kappa shape index (κ2) is 8.32. The van der Waals surface area contributed by atoms with Crippen molar-refractivity contribution in [1.29, 1.82) is 0 Å². The van der Waals surface area contributed by atoms with Gasteiger partial charge in [-0.05, 0) is 0 Å². The number of ether oxygens (including phenoxy) is 2. The van der Waals surface area contributed by atoms with Crippen LogP contribution in [0.15, 0.2) is 6.33 Å². The topological polar surface area (TPSA) is 93.9 Å². The fourth-order valence-electron chi connectivity index (χ4n) is 1.81. The lowest BCUT2D eigenvalue weighted by Gasteiger charge is -2.23. The molecule has 0 aliphatic heterocycles. The maximum atomic E-state index is 11.4. The van der Waals surface area contributed by atoms with Crippen molar-refractivity contribution >= 4 is 17.3 Å². The Morgan fingerprint density at radius 3 is 2.10 bits per heavy atom. The summed E-state index contributed by atoms with van der Waals surface area (Å²) >= 11 is 0. The standard InChI is InChI=1S/C12H21N5O4/c1-15(2)11-10(17(18)19)12(14-9-13-11)16(5-7-20-3)6-8-21-4/h9H,5-8H2,1-4H3. The summed E-state index contributed by atoms with van der Waals surface area (Å²) in [5, 5.41) is 11.4. The molecule has 0 unspecified atom stereocenters. The summed E-state index contributed by atoms with van der Waals surface area (Å²) in [4.78, 5) is 22.4. The largest absolute Gasteiger partial charge is 0.383 e. The van der Waals surface area contributed by atoms with E-state index >= 15 is 0 Å². The van der Waals surface area contributed by atoms with Gasteiger partial charge in [-0.15, -0.1) is 0 Å². The van der Waals surface area contributed by atoms with Crippen LogP contribution in [0.2, 0.25) is 0 Å². The van der Waals surface area contributed by atoms with Gasteiger partial charge in [-0.25, -0.2) is 9.97 Å². The molecule has 9 nitrogen and oxygen atoms in total. The molecule has 21 heavy (non-hydrogen) atoms. The van der Waals surface area contributed by atoms with Gasteiger partial charge in [0.05, 0.1) is 18.1 Å². The van der Waals surface area contributed by atoms with Gasteiger partial charge in [0.1, 0.15) is 6.33 Å². The summed E-state index contributed by atoms with van der Waals surface area (Å²) in [6.45, 7) is 1.82. The number of rotatable bonds is 9. The zero-order valence-electron chi connectivity index (χ0n) is 12.8. The van der Waals surface area contributed by atoms with Crippen molar-refractivity contribution in [1.82, 2.24) is 9.97 Å². The van der Waals surface area contributed by atoms with Crippen LogP contribution >= 0.6 is 0 Å². The molecule has 118 valence electrons. The Kier molecular flexibility index (Phi) is 6.76. The minimum atomic E-state index is -0.461. The third-order valence-electron chi connectivity index (χ3n) is 2.82. The Balaban J connectivity index is 3.21. The molecular formula is C12H21N5O4. The lowest BCUT2D eigenvalue weighted by Crippen LogP contribution is -2.32. The highest BCUT2D eigenvalue weighted by Crippen LogP contribution is 2.32. The van der Waals surface area contributed by atoms with Gasteiger partial charge in [-0.1, -0.05) is 0 Å². The number of hydrogen-bond acceptors (Lipinski definition) is 8. The highest BCUT2D eigenvalue weighted by molar-refractivity contribution is 5.70. The van der Waals surface area contributed by atoms with Crippen molar-refractivity contribution in [2.24, 2.45) is 0 Å². The van der Waals surface area contributed by atoms with Gasteiger partial charge >= 0.3 is 5.69 Å². The van der Waals surface area contributed by atoms with E-state index in [0.29, 0.717) is 26.3 Å². The van der Waals surface area contributed by atoms with Gasteiger partial charge in [-0.2, -0.15) is 0 Å². The molecule has 0 radical (unpaired) electrons. The summed E-state index contributed by atoms with van der Waals surface area (Å²) in [5.74, 6) is 0.539. The van der Waals surface area contributed by atoms with Crippen molar-refractivity contribution in [2.45, 2.75) is 0 Å². The lowest BCUT2D eigenvalue weighted by molar-refractivity contribution is -0.383. The van der Waals surface area contributed by atoms with Gasteiger partial charge in [-0.3, -0.25) is 10.1 Å². The van der Waals surface area contributed by atoms with Crippen LogP contribution in [-0.2, 0) is 9.47 Å². The Morgan fingerprint density at radius 2 is 1.67 bits per heavy atom. The van der Waals surface area contributed by atoms with Crippen LogP contribution in [-0.4, -0.2) is 69.5 Å². The molecular weight excluding hydrogens is 278 g/mol. The van der Waals surface area contributed by atoms with E-state index in [9.17, 15) is 10.1 Å². The smallest absolute Gasteiger partial charge is 0.353 e. The second-order valence-electron chi connectivity index (χ2n) is 4.49. The molecule has 1 heterocycles. The number of anilines is 2. The quantitative estimate of drug-likeness (QED) is 0.482. The summed E-state index contributed by atoms with van der Waals surface area (Å²) in [7, 11) is 6.56. The summed E-state index contributed by atoms with van der Waals surface area (Å²) < 4.78 is 10.1. The van der Waals surface area contributed by atoms with Crippen LogP contribution in [0.25, 0.3) is 0 Å². The van der Waals surface area contributed by atoms with E-state index in [0.717, 1.165) is 0 Å². The van der Waals surface area contributed by atoms with E-state index in [-0.39, 0.29) is 17.3 Å². The van der Waals surface area contributed by atoms with Gasteiger partial charge in [0.15, 0.2) is 0 Å². The molecule has 1 aromatic heterocycles. The molecule has 0 aliphatic carbocycles. The van der Waals surface area contributed by atoms with Gasteiger partial charge < -0.3 is 19.3 Å². The lowest BCUT2D eigenvalue weighted by atomic mass is 10.3. The van der Waals surface area contributed by atoms with Crippen LogP contribution in [0.3, 0.4) is 0 Å². The van der Waals surface area contributed by atoms with Crippen molar-refractivity contribution < 1.29 is 14.4 Å². The second-order valence-corrected chi connectivity index (χ2v) is 4.49. The molecule has 9 heteroatoms. The average molecular weight is 299 g/mol. The normalized spacial score (nSPS) is 10.5. The number of nitrogens with zero attached hydrogens (tertiary/aromatic N) is 5. The molecule has 0 amide bonds. The maximum absolute atomic E-state index is 11.4.